The standard InChI is InChI=1S/C11H11FO4/c1-16-11(15)10-7(5-6-9(13)14)3-2-4-8(10)12/h2-4H,5-6H2,1H3,(H,13,14). The summed E-state index contributed by atoms with van der Waals surface area (Å²) in [6.45, 7) is 0. The third-order valence-corrected chi connectivity index (χ3v) is 2.10. The summed E-state index contributed by atoms with van der Waals surface area (Å²) in [5, 5.41) is 8.52. The molecule has 86 valence electrons. The molecule has 0 aliphatic carbocycles. The molecule has 0 aliphatic rings. The maximum absolute atomic E-state index is 13.4. The van der Waals surface area contributed by atoms with Crippen LogP contribution in [-0.2, 0) is 16.0 Å². The molecule has 0 bridgehead atoms. The second-order valence-electron chi connectivity index (χ2n) is 3.16. The van der Waals surface area contributed by atoms with Crippen molar-refractivity contribution in [1.29, 1.82) is 0 Å². The van der Waals surface area contributed by atoms with Crippen LogP contribution in [0.3, 0.4) is 0 Å². The van der Waals surface area contributed by atoms with Gasteiger partial charge in [0.25, 0.3) is 0 Å². The Kier molecular flexibility index (Phi) is 3.99. The summed E-state index contributed by atoms with van der Waals surface area (Å²) in [5.41, 5.74) is 0.153. The van der Waals surface area contributed by atoms with Crippen molar-refractivity contribution in [2.24, 2.45) is 0 Å². The van der Waals surface area contributed by atoms with E-state index < -0.39 is 17.8 Å². The number of esters is 1. The minimum absolute atomic E-state index is 0.0948. The van der Waals surface area contributed by atoms with E-state index in [0.717, 1.165) is 13.2 Å². The average molecular weight is 226 g/mol. The smallest absolute Gasteiger partial charge is 0.341 e. The number of hydrogen-bond donors (Lipinski definition) is 1. The van der Waals surface area contributed by atoms with Crippen LogP contribution in [0.25, 0.3) is 0 Å². The Morgan fingerprint density at radius 2 is 2.12 bits per heavy atom. The third kappa shape index (κ3) is 2.79. The van der Waals surface area contributed by atoms with Crippen molar-refractivity contribution in [3.05, 3.63) is 35.1 Å². The fraction of sp³-hybridized carbons (Fsp3) is 0.273. The molecule has 0 aliphatic heterocycles. The number of ether oxygens (including phenoxy) is 1. The molecule has 1 aromatic rings. The van der Waals surface area contributed by atoms with Crippen molar-refractivity contribution in [1.82, 2.24) is 0 Å². The summed E-state index contributed by atoms with van der Waals surface area (Å²) in [6, 6.07) is 4.08. The van der Waals surface area contributed by atoms with Gasteiger partial charge in [-0.25, -0.2) is 9.18 Å². The average Bonchev–Trinajstić information content (AvgIpc) is 2.25. The first-order chi connectivity index (χ1) is 7.56. The van der Waals surface area contributed by atoms with Crippen LogP contribution in [0.15, 0.2) is 18.2 Å². The van der Waals surface area contributed by atoms with Crippen molar-refractivity contribution >= 4 is 11.9 Å². The minimum Gasteiger partial charge on any atom is -0.481 e. The van der Waals surface area contributed by atoms with Crippen molar-refractivity contribution in [2.45, 2.75) is 12.8 Å². The third-order valence-electron chi connectivity index (χ3n) is 2.10. The highest BCUT2D eigenvalue weighted by Gasteiger charge is 2.17. The maximum Gasteiger partial charge on any atom is 0.341 e. The number of benzene rings is 1. The fourth-order valence-electron chi connectivity index (χ4n) is 1.35. The van der Waals surface area contributed by atoms with E-state index >= 15 is 0 Å². The van der Waals surface area contributed by atoms with E-state index in [1.807, 2.05) is 0 Å². The number of carboxylic acids is 1. The van der Waals surface area contributed by atoms with E-state index in [1.54, 1.807) is 0 Å². The van der Waals surface area contributed by atoms with Gasteiger partial charge in [0.05, 0.1) is 12.7 Å². The molecule has 1 N–H and O–H groups in total. The van der Waals surface area contributed by atoms with Crippen molar-refractivity contribution < 1.29 is 23.8 Å². The number of halogens is 1. The van der Waals surface area contributed by atoms with E-state index in [-0.39, 0.29) is 18.4 Å². The topological polar surface area (TPSA) is 63.6 Å². The van der Waals surface area contributed by atoms with Crippen LogP contribution in [0.4, 0.5) is 4.39 Å². The van der Waals surface area contributed by atoms with Gasteiger partial charge >= 0.3 is 11.9 Å². The van der Waals surface area contributed by atoms with Crippen LogP contribution in [0.1, 0.15) is 22.3 Å². The lowest BCUT2D eigenvalue weighted by molar-refractivity contribution is -0.136. The van der Waals surface area contributed by atoms with Gasteiger partial charge < -0.3 is 9.84 Å². The zero-order chi connectivity index (χ0) is 12.1. The Morgan fingerprint density at radius 1 is 1.44 bits per heavy atom. The predicted octanol–water partition coefficient (Wildman–Crippen LogP) is 1.63. The van der Waals surface area contributed by atoms with Crippen molar-refractivity contribution in [3.63, 3.8) is 0 Å². The molecule has 0 saturated carbocycles. The normalized spacial score (nSPS) is 9.88. The molecule has 4 nitrogen and oxygen atoms in total. The highest BCUT2D eigenvalue weighted by molar-refractivity contribution is 5.91. The van der Waals surface area contributed by atoms with Gasteiger partial charge in [-0.15, -0.1) is 0 Å². The number of carbonyl (C=O) groups is 2. The van der Waals surface area contributed by atoms with Crippen LogP contribution in [0.2, 0.25) is 0 Å². The molecular weight excluding hydrogens is 215 g/mol. The number of carbonyl (C=O) groups excluding carboxylic acids is 1. The molecular formula is C11H11FO4. The largest absolute Gasteiger partial charge is 0.481 e. The predicted molar refractivity (Wildman–Crippen MR) is 53.7 cm³/mol. The first-order valence-corrected chi connectivity index (χ1v) is 4.63. The first-order valence-electron chi connectivity index (χ1n) is 4.63. The SMILES string of the molecule is COC(=O)c1c(F)cccc1CCC(=O)O. The molecule has 0 unspecified atom stereocenters. The molecule has 1 aromatic carbocycles. The van der Waals surface area contributed by atoms with E-state index in [0.29, 0.717) is 5.56 Å². The molecule has 0 saturated heterocycles. The molecule has 0 amide bonds. The lowest BCUT2D eigenvalue weighted by Crippen LogP contribution is -2.10. The van der Waals surface area contributed by atoms with Gasteiger partial charge in [0.2, 0.25) is 0 Å². The number of aryl methyl sites for hydroxylation is 1. The van der Waals surface area contributed by atoms with E-state index in [9.17, 15) is 14.0 Å². The Balaban J connectivity index is 3.03. The van der Waals surface area contributed by atoms with Crippen LogP contribution in [0, 0.1) is 5.82 Å². The van der Waals surface area contributed by atoms with Crippen LogP contribution >= 0.6 is 0 Å². The quantitative estimate of drug-likeness (QED) is 0.792. The first kappa shape index (κ1) is 12.2. The molecule has 5 heteroatoms. The van der Waals surface area contributed by atoms with Crippen molar-refractivity contribution in [2.75, 3.05) is 7.11 Å². The Bertz CT molecular complexity index is 414. The number of carboxylic acid groups (broad SMARTS) is 1. The molecule has 0 atom stereocenters. The lowest BCUT2D eigenvalue weighted by Gasteiger charge is -2.07. The minimum atomic E-state index is -1.000. The zero-order valence-corrected chi connectivity index (χ0v) is 8.70. The fourth-order valence-corrected chi connectivity index (χ4v) is 1.35. The van der Waals surface area contributed by atoms with Crippen LogP contribution in [-0.4, -0.2) is 24.2 Å². The molecule has 0 fully saturated rings. The summed E-state index contributed by atoms with van der Waals surface area (Å²) in [7, 11) is 1.15. The number of hydrogen-bond acceptors (Lipinski definition) is 3. The van der Waals surface area contributed by atoms with Crippen molar-refractivity contribution in [3.8, 4) is 0 Å². The molecule has 0 spiro atoms. The summed E-state index contributed by atoms with van der Waals surface area (Å²) in [5.74, 6) is -2.49. The summed E-state index contributed by atoms with van der Waals surface area (Å²) in [4.78, 5) is 21.7. The van der Waals surface area contributed by atoms with Crippen LogP contribution < -0.4 is 0 Å². The Hall–Kier alpha value is -1.91. The molecule has 16 heavy (non-hydrogen) atoms. The lowest BCUT2D eigenvalue weighted by atomic mass is 10.0. The monoisotopic (exact) mass is 226 g/mol. The summed E-state index contributed by atoms with van der Waals surface area (Å²) >= 11 is 0. The highest BCUT2D eigenvalue weighted by Crippen LogP contribution is 2.16. The van der Waals surface area contributed by atoms with Crippen LogP contribution in [0.5, 0.6) is 0 Å². The second kappa shape index (κ2) is 5.25. The molecule has 0 radical (unpaired) electrons. The molecule has 1 rings (SSSR count). The highest BCUT2D eigenvalue weighted by atomic mass is 19.1. The maximum atomic E-state index is 13.4. The van der Waals surface area contributed by atoms with Gasteiger partial charge in [0, 0.05) is 6.42 Å². The Labute approximate surface area is 91.7 Å². The van der Waals surface area contributed by atoms with E-state index in [2.05, 4.69) is 4.74 Å². The van der Waals surface area contributed by atoms with Gasteiger partial charge in [-0.3, -0.25) is 4.79 Å². The number of rotatable bonds is 4. The van der Waals surface area contributed by atoms with Gasteiger partial charge in [-0.1, -0.05) is 12.1 Å². The van der Waals surface area contributed by atoms with Gasteiger partial charge in [-0.05, 0) is 18.1 Å². The summed E-state index contributed by atoms with van der Waals surface area (Å²) in [6.07, 6.45) is -0.0645. The Morgan fingerprint density at radius 3 is 2.69 bits per heavy atom. The van der Waals surface area contributed by atoms with Gasteiger partial charge in [-0.2, -0.15) is 0 Å². The zero-order valence-electron chi connectivity index (χ0n) is 8.70. The van der Waals surface area contributed by atoms with E-state index in [1.165, 1.54) is 12.1 Å². The number of methoxy groups -OCH3 is 1. The molecule has 0 aromatic heterocycles. The number of aliphatic carboxylic acids is 1. The van der Waals surface area contributed by atoms with Gasteiger partial charge in [0.15, 0.2) is 0 Å². The second-order valence-corrected chi connectivity index (χ2v) is 3.16. The summed E-state index contributed by atoms with van der Waals surface area (Å²) < 4.78 is 17.8. The van der Waals surface area contributed by atoms with E-state index in [4.69, 9.17) is 5.11 Å². The molecule has 0 heterocycles. The van der Waals surface area contributed by atoms with Gasteiger partial charge in [0.1, 0.15) is 5.82 Å².